The lowest BCUT2D eigenvalue weighted by Gasteiger charge is -2.08. The first kappa shape index (κ1) is 13.4. The molecule has 2 aromatic rings. The van der Waals surface area contributed by atoms with Crippen LogP contribution in [-0.4, -0.2) is 5.78 Å². The minimum Gasteiger partial charge on any atom is -0.292 e. The average molecular weight is 318 g/mol. The first-order valence-corrected chi connectivity index (χ1v) is 6.36. The van der Waals surface area contributed by atoms with Gasteiger partial charge in [-0.2, -0.15) is 5.26 Å². The highest BCUT2D eigenvalue weighted by molar-refractivity contribution is 9.10. The molecule has 1 atom stereocenters. The minimum atomic E-state index is -0.915. The molecule has 0 saturated heterocycles. The summed E-state index contributed by atoms with van der Waals surface area (Å²) in [6, 6.07) is 14.2. The second kappa shape index (κ2) is 5.77. The fraction of sp³-hybridized carbons (Fsp3) is 0.0667. The molecule has 0 radical (unpaired) electrons. The molecule has 0 amide bonds. The Balaban J connectivity index is 2.32. The second-order valence-corrected chi connectivity index (χ2v) is 4.90. The summed E-state index contributed by atoms with van der Waals surface area (Å²) in [5.74, 6) is -1.60. The van der Waals surface area contributed by atoms with Gasteiger partial charge in [-0.05, 0) is 29.8 Å². The van der Waals surface area contributed by atoms with Gasteiger partial charge in [0.25, 0.3) is 0 Å². The van der Waals surface area contributed by atoms with Gasteiger partial charge in [-0.3, -0.25) is 4.79 Å². The van der Waals surface area contributed by atoms with Gasteiger partial charge in [-0.15, -0.1) is 0 Å². The molecule has 0 heterocycles. The Kier molecular flexibility index (Phi) is 4.08. The summed E-state index contributed by atoms with van der Waals surface area (Å²) < 4.78 is 13.7. The van der Waals surface area contributed by atoms with E-state index in [-0.39, 0.29) is 5.78 Å². The second-order valence-electron chi connectivity index (χ2n) is 3.98. The van der Waals surface area contributed by atoms with Crippen molar-refractivity contribution in [3.8, 4) is 6.07 Å². The van der Waals surface area contributed by atoms with Crippen LogP contribution in [0.5, 0.6) is 0 Å². The third-order valence-electron chi connectivity index (χ3n) is 2.72. The lowest BCUT2D eigenvalue weighted by atomic mass is 9.92. The van der Waals surface area contributed by atoms with E-state index in [2.05, 4.69) is 15.9 Å². The first-order chi connectivity index (χ1) is 9.11. The molecule has 19 heavy (non-hydrogen) atoms. The molecule has 0 aromatic heterocycles. The van der Waals surface area contributed by atoms with E-state index in [9.17, 15) is 9.18 Å². The molecule has 0 aliphatic rings. The SMILES string of the molecule is N#CC(C(=O)c1ccc(Br)cc1)c1ccc(F)cc1. The highest BCUT2D eigenvalue weighted by Gasteiger charge is 2.21. The number of rotatable bonds is 3. The molecule has 2 rings (SSSR count). The van der Waals surface area contributed by atoms with Crippen LogP contribution in [-0.2, 0) is 0 Å². The highest BCUT2D eigenvalue weighted by atomic mass is 79.9. The van der Waals surface area contributed by atoms with E-state index in [4.69, 9.17) is 5.26 Å². The van der Waals surface area contributed by atoms with Crippen molar-refractivity contribution in [3.63, 3.8) is 0 Å². The van der Waals surface area contributed by atoms with E-state index >= 15 is 0 Å². The third kappa shape index (κ3) is 3.07. The Morgan fingerprint density at radius 1 is 1.11 bits per heavy atom. The maximum absolute atomic E-state index is 12.8. The number of nitrogens with zero attached hydrogens (tertiary/aromatic N) is 1. The van der Waals surface area contributed by atoms with E-state index in [0.717, 1.165) is 4.47 Å². The van der Waals surface area contributed by atoms with Gasteiger partial charge in [-0.25, -0.2) is 4.39 Å². The van der Waals surface area contributed by atoms with Gasteiger partial charge < -0.3 is 0 Å². The van der Waals surface area contributed by atoms with Crippen molar-refractivity contribution < 1.29 is 9.18 Å². The topological polar surface area (TPSA) is 40.9 Å². The van der Waals surface area contributed by atoms with Gasteiger partial charge in [-0.1, -0.05) is 40.2 Å². The van der Waals surface area contributed by atoms with Crippen LogP contribution in [0.25, 0.3) is 0 Å². The molecule has 0 N–H and O–H groups in total. The number of Topliss-reactive ketones (excluding diaryl/α,β-unsaturated/α-hetero) is 1. The van der Waals surface area contributed by atoms with E-state index in [0.29, 0.717) is 11.1 Å². The van der Waals surface area contributed by atoms with Crippen molar-refractivity contribution in [2.24, 2.45) is 0 Å². The van der Waals surface area contributed by atoms with Gasteiger partial charge in [0.1, 0.15) is 11.7 Å². The van der Waals surface area contributed by atoms with Gasteiger partial charge in [0, 0.05) is 10.0 Å². The van der Waals surface area contributed by atoms with E-state index in [1.807, 2.05) is 6.07 Å². The van der Waals surface area contributed by atoms with Gasteiger partial charge in [0.2, 0.25) is 0 Å². The lowest BCUT2D eigenvalue weighted by molar-refractivity contribution is 0.0979. The van der Waals surface area contributed by atoms with Crippen molar-refractivity contribution in [1.82, 2.24) is 0 Å². The van der Waals surface area contributed by atoms with Crippen molar-refractivity contribution >= 4 is 21.7 Å². The van der Waals surface area contributed by atoms with E-state index in [1.54, 1.807) is 24.3 Å². The molecule has 0 spiro atoms. The standard InChI is InChI=1S/C15H9BrFNO/c16-12-5-1-11(2-6-12)15(19)14(9-18)10-3-7-13(17)8-4-10/h1-8,14H. The largest absolute Gasteiger partial charge is 0.292 e. The molecule has 0 aliphatic heterocycles. The fourth-order valence-electron chi connectivity index (χ4n) is 1.72. The Hall–Kier alpha value is -1.99. The highest BCUT2D eigenvalue weighted by Crippen LogP contribution is 2.22. The predicted octanol–water partition coefficient (Wildman–Crippen LogP) is 4.08. The molecule has 0 fully saturated rings. The van der Waals surface area contributed by atoms with Crippen LogP contribution in [0.4, 0.5) is 4.39 Å². The summed E-state index contributed by atoms with van der Waals surface area (Å²) >= 11 is 3.28. The van der Waals surface area contributed by atoms with Crippen molar-refractivity contribution in [2.75, 3.05) is 0 Å². The fourth-order valence-corrected chi connectivity index (χ4v) is 1.98. The van der Waals surface area contributed by atoms with Crippen molar-refractivity contribution in [1.29, 1.82) is 5.26 Å². The average Bonchev–Trinajstić information content (AvgIpc) is 2.42. The molecule has 4 heteroatoms. The third-order valence-corrected chi connectivity index (χ3v) is 3.25. The maximum atomic E-state index is 12.8. The van der Waals surface area contributed by atoms with Crippen LogP contribution in [0.2, 0.25) is 0 Å². The van der Waals surface area contributed by atoms with Crippen LogP contribution < -0.4 is 0 Å². The number of hydrogen-bond acceptors (Lipinski definition) is 2. The zero-order valence-corrected chi connectivity index (χ0v) is 11.4. The number of carbonyl (C=O) groups is 1. The molecular weight excluding hydrogens is 309 g/mol. The molecule has 94 valence electrons. The molecule has 0 bridgehead atoms. The van der Waals surface area contributed by atoms with E-state index < -0.39 is 11.7 Å². The summed E-state index contributed by atoms with van der Waals surface area (Å²) in [6.07, 6.45) is 0. The number of halogens is 2. The number of ketones is 1. The molecule has 0 saturated carbocycles. The number of carbonyl (C=O) groups excluding carboxylic acids is 1. The number of hydrogen-bond donors (Lipinski definition) is 0. The quantitative estimate of drug-likeness (QED) is 0.800. The van der Waals surface area contributed by atoms with E-state index in [1.165, 1.54) is 24.3 Å². The van der Waals surface area contributed by atoms with Crippen molar-refractivity contribution in [2.45, 2.75) is 5.92 Å². The minimum absolute atomic E-state index is 0.290. The zero-order chi connectivity index (χ0) is 13.8. The lowest BCUT2D eigenvalue weighted by Crippen LogP contribution is -2.11. The maximum Gasteiger partial charge on any atom is 0.184 e. The van der Waals surface area contributed by atoms with Crippen LogP contribution in [0.3, 0.4) is 0 Å². The summed E-state index contributed by atoms with van der Waals surface area (Å²) in [6.45, 7) is 0. The molecule has 1 unspecified atom stereocenters. The molecule has 0 aliphatic carbocycles. The van der Waals surface area contributed by atoms with Crippen LogP contribution >= 0.6 is 15.9 Å². The normalized spacial score (nSPS) is 11.6. The summed E-state index contributed by atoms with van der Waals surface area (Å²) in [4.78, 5) is 12.2. The number of benzene rings is 2. The Morgan fingerprint density at radius 3 is 2.21 bits per heavy atom. The smallest absolute Gasteiger partial charge is 0.184 e. The summed E-state index contributed by atoms with van der Waals surface area (Å²) in [7, 11) is 0. The van der Waals surface area contributed by atoms with Crippen LogP contribution in [0.1, 0.15) is 21.8 Å². The van der Waals surface area contributed by atoms with Gasteiger partial charge in [0.15, 0.2) is 5.78 Å². The summed E-state index contributed by atoms with van der Waals surface area (Å²) in [5, 5.41) is 9.16. The first-order valence-electron chi connectivity index (χ1n) is 5.56. The molecule has 2 aromatic carbocycles. The predicted molar refractivity (Wildman–Crippen MR) is 73.2 cm³/mol. The molecule has 2 nitrogen and oxygen atoms in total. The van der Waals surface area contributed by atoms with Crippen LogP contribution in [0.15, 0.2) is 53.0 Å². The van der Waals surface area contributed by atoms with Gasteiger partial charge in [0.05, 0.1) is 6.07 Å². The zero-order valence-electron chi connectivity index (χ0n) is 9.81. The van der Waals surface area contributed by atoms with Crippen LogP contribution in [0, 0.1) is 17.1 Å². The monoisotopic (exact) mass is 317 g/mol. The Morgan fingerprint density at radius 2 is 1.68 bits per heavy atom. The molecular formula is C15H9BrFNO. The summed E-state index contributed by atoms with van der Waals surface area (Å²) in [5.41, 5.74) is 0.955. The Bertz CT molecular complexity index is 629. The van der Waals surface area contributed by atoms with Crippen molar-refractivity contribution in [3.05, 3.63) is 69.9 Å². The Labute approximate surface area is 118 Å². The number of nitriles is 1. The van der Waals surface area contributed by atoms with Gasteiger partial charge >= 0.3 is 0 Å².